The van der Waals surface area contributed by atoms with Crippen LogP contribution in [0.5, 0.6) is 0 Å². The monoisotopic (exact) mass is 401 g/mol. The minimum atomic E-state index is -0.589. The molecule has 0 radical (unpaired) electrons. The van der Waals surface area contributed by atoms with E-state index < -0.39 is 12.2 Å². The van der Waals surface area contributed by atoms with Gasteiger partial charge in [-0.15, -0.1) is 0 Å². The molecule has 2 N–H and O–H groups in total. The third-order valence-electron chi connectivity index (χ3n) is 5.39. The molecule has 2 fully saturated rings. The molecule has 0 bridgehead atoms. The summed E-state index contributed by atoms with van der Waals surface area (Å²) >= 11 is 0. The van der Waals surface area contributed by atoms with Gasteiger partial charge in [0.1, 0.15) is 6.10 Å². The van der Waals surface area contributed by atoms with Crippen LogP contribution >= 0.6 is 0 Å². The maximum absolute atomic E-state index is 12.3. The summed E-state index contributed by atoms with van der Waals surface area (Å²) in [6.45, 7) is 2.56. The second kappa shape index (κ2) is 9.39. The Hall–Kier alpha value is -2.42. The second-order valence-corrected chi connectivity index (χ2v) is 7.48. The van der Waals surface area contributed by atoms with Gasteiger partial charge in [0, 0.05) is 37.7 Å². The lowest BCUT2D eigenvalue weighted by Gasteiger charge is -2.34. The van der Waals surface area contributed by atoms with Gasteiger partial charge in [-0.05, 0) is 12.8 Å². The van der Waals surface area contributed by atoms with E-state index in [0.717, 1.165) is 23.4 Å². The highest BCUT2D eigenvalue weighted by molar-refractivity contribution is 5.74. The number of carbonyl (C=O) groups is 1. The van der Waals surface area contributed by atoms with E-state index in [9.17, 15) is 9.90 Å². The number of amides is 2. The molecule has 4 rings (SSSR count). The first-order valence-corrected chi connectivity index (χ1v) is 10.1. The molecular formula is C21H27N3O5. The van der Waals surface area contributed by atoms with E-state index >= 15 is 0 Å². The standard InChI is InChI=1S/C21H27N3O5/c25-18-7-6-17(12-16-13-19(29-23-16)15-4-2-1-3-5-15)28-20(18)14-22-21(26)24-8-10-27-11-9-24/h1-5,13,17-18,20,25H,6-12,14H2,(H,22,26)/t17-,18-,20+/m0/s1. The Morgan fingerprint density at radius 3 is 2.79 bits per heavy atom. The number of benzene rings is 1. The number of nitrogens with zero attached hydrogens (tertiary/aromatic N) is 2. The molecule has 3 atom stereocenters. The molecule has 2 aliphatic heterocycles. The topological polar surface area (TPSA) is 97.1 Å². The summed E-state index contributed by atoms with van der Waals surface area (Å²) in [4.78, 5) is 14.0. The zero-order valence-electron chi connectivity index (χ0n) is 16.3. The van der Waals surface area contributed by atoms with Crippen molar-refractivity contribution in [2.24, 2.45) is 0 Å². The average Bonchev–Trinajstić information content (AvgIpc) is 3.23. The van der Waals surface area contributed by atoms with Gasteiger partial charge < -0.3 is 29.3 Å². The summed E-state index contributed by atoms with van der Waals surface area (Å²) < 4.78 is 16.8. The summed E-state index contributed by atoms with van der Waals surface area (Å²) in [5, 5.41) is 17.3. The number of carbonyl (C=O) groups excluding carboxylic acids is 1. The van der Waals surface area contributed by atoms with E-state index in [1.165, 1.54) is 0 Å². The third kappa shape index (κ3) is 5.14. The largest absolute Gasteiger partial charge is 0.390 e. The zero-order valence-corrected chi connectivity index (χ0v) is 16.3. The molecule has 156 valence electrons. The highest BCUT2D eigenvalue weighted by Gasteiger charge is 2.31. The minimum absolute atomic E-state index is 0.0718. The summed E-state index contributed by atoms with van der Waals surface area (Å²) in [5.74, 6) is 0.728. The van der Waals surface area contributed by atoms with Gasteiger partial charge in [0.25, 0.3) is 0 Å². The molecule has 3 heterocycles. The van der Waals surface area contributed by atoms with E-state index in [1.54, 1.807) is 4.90 Å². The number of urea groups is 1. The molecule has 0 spiro atoms. The van der Waals surface area contributed by atoms with Gasteiger partial charge in [0.15, 0.2) is 5.76 Å². The van der Waals surface area contributed by atoms with Crippen LogP contribution in [0.15, 0.2) is 40.9 Å². The lowest BCUT2D eigenvalue weighted by atomic mass is 9.98. The molecule has 2 aromatic rings. The first kappa shape index (κ1) is 19.9. The smallest absolute Gasteiger partial charge is 0.317 e. The van der Waals surface area contributed by atoms with Crippen molar-refractivity contribution < 1.29 is 23.9 Å². The van der Waals surface area contributed by atoms with Crippen LogP contribution in [0.3, 0.4) is 0 Å². The molecule has 2 aliphatic rings. The SMILES string of the molecule is O=C(NC[C@H]1O[C@H](Cc2cc(-c3ccccc3)on2)CC[C@@H]1O)N1CCOCC1. The number of hydrogen-bond donors (Lipinski definition) is 2. The Labute approximate surface area is 169 Å². The van der Waals surface area contributed by atoms with E-state index in [4.69, 9.17) is 14.0 Å². The van der Waals surface area contributed by atoms with Gasteiger partial charge in [-0.25, -0.2) is 4.79 Å². The van der Waals surface area contributed by atoms with Crippen LogP contribution in [-0.2, 0) is 15.9 Å². The van der Waals surface area contributed by atoms with E-state index in [0.29, 0.717) is 39.1 Å². The quantitative estimate of drug-likeness (QED) is 0.794. The van der Waals surface area contributed by atoms with E-state index in [2.05, 4.69) is 10.5 Å². The molecule has 0 unspecified atom stereocenters. The predicted molar refractivity (Wildman–Crippen MR) is 105 cm³/mol. The Morgan fingerprint density at radius 2 is 2.00 bits per heavy atom. The van der Waals surface area contributed by atoms with Gasteiger partial charge in [0.2, 0.25) is 0 Å². The van der Waals surface area contributed by atoms with Crippen molar-refractivity contribution in [1.29, 1.82) is 0 Å². The van der Waals surface area contributed by atoms with Gasteiger partial charge in [0.05, 0.1) is 31.1 Å². The third-order valence-corrected chi connectivity index (χ3v) is 5.39. The molecule has 1 aromatic heterocycles. The van der Waals surface area contributed by atoms with Gasteiger partial charge in [-0.1, -0.05) is 35.5 Å². The van der Waals surface area contributed by atoms with E-state index in [1.807, 2.05) is 36.4 Å². The van der Waals surface area contributed by atoms with Crippen molar-refractivity contribution in [1.82, 2.24) is 15.4 Å². The fourth-order valence-corrected chi connectivity index (χ4v) is 3.73. The Bertz CT molecular complexity index is 791. The molecule has 0 saturated carbocycles. The number of ether oxygens (including phenoxy) is 2. The number of aromatic nitrogens is 1. The lowest BCUT2D eigenvalue weighted by molar-refractivity contribution is -0.114. The summed E-state index contributed by atoms with van der Waals surface area (Å²) in [6, 6.07) is 11.6. The normalized spacial score (nSPS) is 25.0. The highest BCUT2D eigenvalue weighted by atomic mass is 16.5. The van der Waals surface area contributed by atoms with Crippen molar-refractivity contribution in [3.63, 3.8) is 0 Å². The van der Waals surface area contributed by atoms with Crippen LogP contribution in [0.1, 0.15) is 18.5 Å². The Balaban J connectivity index is 1.29. The molecule has 0 aliphatic carbocycles. The molecule has 2 amide bonds. The Kier molecular flexibility index (Phi) is 6.43. The molecule has 1 aromatic carbocycles. The Morgan fingerprint density at radius 1 is 1.21 bits per heavy atom. The molecule has 8 heteroatoms. The highest BCUT2D eigenvalue weighted by Crippen LogP contribution is 2.25. The molecule has 2 saturated heterocycles. The number of aliphatic hydroxyl groups is 1. The van der Waals surface area contributed by atoms with Crippen LogP contribution in [0, 0.1) is 0 Å². The van der Waals surface area contributed by atoms with Crippen molar-refractivity contribution in [3.8, 4) is 11.3 Å². The van der Waals surface area contributed by atoms with Gasteiger partial charge in [-0.3, -0.25) is 0 Å². The summed E-state index contributed by atoms with van der Waals surface area (Å²) in [7, 11) is 0. The maximum atomic E-state index is 12.3. The van der Waals surface area contributed by atoms with Crippen molar-refractivity contribution >= 4 is 6.03 Å². The molecule has 8 nitrogen and oxygen atoms in total. The average molecular weight is 401 g/mol. The van der Waals surface area contributed by atoms with Crippen LogP contribution < -0.4 is 5.32 Å². The van der Waals surface area contributed by atoms with Crippen molar-refractivity contribution in [2.75, 3.05) is 32.8 Å². The lowest BCUT2D eigenvalue weighted by Crippen LogP contribution is -2.51. The summed E-state index contributed by atoms with van der Waals surface area (Å²) in [6.07, 6.45) is 0.885. The second-order valence-electron chi connectivity index (χ2n) is 7.48. The maximum Gasteiger partial charge on any atom is 0.317 e. The van der Waals surface area contributed by atoms with Crippen molar-refractivity contribution in [3.05, 3.63) is 42.1 Å². The molecular weight excluding hydrogens is 374 g/mol. The first-order chi connectivity index (χ1) is 14.2. The van der Waals surface area contributed by atoms with Crippen molar-refractivity contribution in [2.45, 2.75) is 37.6 Å². The van der Waals surface area contributed by atoms with Crippen LogP contribution in [0.25, 0.3) is 11.3 Å². The number of morpholine rings is 1. The van der Waals surface area contributed by atoms with E-state index in [-0.39, 0.29) is 18.7 Å². The van der Waals surface area contributed by atoms with Crippen LogP contribution in [-0.4, -0.2) is 72.4 Å². The number of aliphatic hydroxyl groups excluding tert-OH is 1. The number of hydrogen-bond acceptors (Lipinski definition) is 6. The minimum Gasteiger partial charge on any atom is -0.390 e. The zero-order chi connectivity index (χ0) is 20.1. The van der Waals surface area contributed by atoms with Crippen LogP contribution in [0.4, 0.5) is 4.79 Å². The number of nitrogens with one attached hydrogen (secondary N) is 1. The predicted octanol–water partition coefficient (Wildman–Crippen LogP) is 1.83. The fourth-order valence-electron chi connectivity index (χ4n) is 3.73. The van der Waals surface area contributed by atoms with Crippen LogP contribution in [0.2, 0.25) is 0 Å². The molecule has 29 heavy (non-hydrogen) atoms. The summed E-state index contributed by atoms with van der Waals surface area (Å²) in [5.41, 5.74) is 1.80. The first-order valence-electron chi connectivity index (χ1n) is 10.1. The van der Waals surface area contributed by atoms with Gasteiger partial charge in [-0.2, -0.15) is 0 Å². The number of rotatable bonds is 5. The fraction of sp³-hybridized carbons (Fsp3) is 0.524. The van der Waals surface area contributed by atoms with Gasteiger partial charge >= 0.3 is 6.03 Å².